The third-order valence-corrected chi connectivity index (χ3v) is 3.21. The van der Waals surface area contributed by atoms with E-state index in [2.05, 4.69) is 9.97 Å². The van der Waals surface area contributed by atoms with Gasteiger partial charge in [-0.3, -0.25) is 0 Å². The van der Waals surface area contributed by atoms with E-state index in [4.69, 9.17) is 11.6 Å². The van der Waals surface area contributed by atoms with E-state index in [1.54, 1.807) is 6.07 Å². The van der Waals surface area contributed by atoms with Crippen LogP contribution in [0.5, 0.6) is 0 Å². The molecule has 18 heavy (non-hydrogen) atoms. The molecule has 0 fully saturated rings. The van der Waals surface area contributed by atoms with Crippen LogP contribution >= 0.6 is 23.4 Å². The van der Waals surface area contributed by atoms with Crippen molar-refractivity contribution in [1.29, 1.82) is 0 Å². The van der Waals surface area contributed by atoms with Gasteiger partial charge in [-0.05, 0) is 36.0 Å². The Bertz CT molecular complexity index is 546. The molecule has 94 valence electrons. The summed E-state index contributed by atoms with van der Waals surface area (Å²) in [7, 11) is 0. The molecule has 0 amide bonds. The second kappa shape index (κ2) is 5.16. The molecule has 1 aromatic heterocycles. The molecule has 0 bridgehead atoms. The number of hydrogen-bond acceptors (Lipinski definition) is 3. The van der Waals surface area contributed by atoms with Crippen LogP contribution in [0.1, 0.15) is 5.56 Å². The summed E-state index contributed by atoms with van der Waals surface area (Å²) in [5.41, 5.74) is -0.856. The highest BCUT2D eigenvalue weighted by Gasteiger charge is 2.33. The minimum atomic E-state index is -4.47. The lowest BCUT2D eigenvalue weighted by Crippen LogP contribution is -2.05. The molecule has 7 heteroatoms. The molecule has 0 saturated carbocycles. The molecule has 0 unspecified atom stereocenters. The van der Waals surface area contributed by atoms with Crippen molar-refractivity contribution in [2.75, 3.05) is 0 Å². The zero-order chi connectivity index (χ0) is 13.2. The second-order valence-corrected chi connectivity index (χ2v) is 4.72. The van der Waals surface area contributed by atoms with Gasteiger partial charge in [0.1, 0.15) is 0 Å². The van der Waals surface area contributed by atoms with Gasteiger partial charge >= 0.3 is 6.18 Å². The Hall–Kier alpha value is -1.27. The molecule has 0 aliphatic heterocycles. The Balaban J connectivity index is 2.31. The molecule has 1 heterocycles. The predicted molar refractivity (Wildman–Crippen MR) is 62.6 cm³/mol. The van der Waals surface area contributed by atoms with E-state index in [1.807, 2.05) is 0 Å². The molecule has 0 aliphatic carbocycles. The molecule has 0 spiro atoms. The van der Waals surface area contributed by atoms with Gasteiger partial charge in [-0.25, -0.2) is 9.97 Å². The molecule has 2 nitrogen and oxygen atoms in total. The van der Waals surface area contributed by atoms with Crippen molar-refractivity contribution in [3.8, 4) is 0 Å². The van der Waals surface area contributed by atoms with Crippen molar-refractivity contribution in [1.82, 2.24) is 9.97 Å². The topological polar surface area (TPSA) is 25.8 Å². The Kier molecular flexibility index (Phi) is 3.77. The SMILES string of the molecule is FC(F)(F)c1cc(Sc2ncccn2)ccc1Cl. The number of hydrogen-bond donors (Lipinski definition) is 0. The van der Waals surface area contributed by atoms with Gasteiger partial charge in [-0.2, -0.15) is 13.2 Å². The fourth-order valence-corrected chi connectivity index (χ4v) is 2.20. The lowest BCUT2D eigenvalue weighted by molar-refractivity contribution is -0.137. The van der Waals surface area contributed by atoms with Gasteiger partial charge < -0.3 is 0 Å². The molecule has 1 aromatic carbocycles. The monoisotopic (exact) mass is 290 g/mol. The maximum atomic E-state index is 12.6. The highest BCUT2D eigenvalue weighted by molar-refractivity contribution is 7.99. The first-order valence-corrected chi connectivity index (χ1v) is 5.98. The van der Waals surface area contributed by atoms with E-state index >= 15 is 0 Å². The van der Waals surface area contributed by atoms with Crippen LogP contribution in [0.25, 0.3) is 0 Å². The Morgan fingerprint density at radius 3 is 2.39 bits per heavy atom. The minimum absolute atomic E-state index is 0.319. The maximum absolute atomic E-state index is 12.6. The summed E-state index contributed by atoms with van der Waals surface area (Å²) < 4.78 is 37.9. The van der Waals surface area contributed by atoms with Crippen LogP contribution in [0.2, 0.25) is 5.02 Å². The summed E-state index contributed by atoms with van der Waals surface area (Å²) >= 11 is 6.57. The van der Waals surface area contributed by atoms with E-state index < -0.39 is 11.7 Å². The van der Waals surface area contributed by atoms with E-state index in [1.165, 1.54) is 24.5 Å². The molecule has 2 aromatic rings. The Morgan fingerprint density at radius 2 is 1.78 bits per heavy atom. The van der Waals surface area contributed by atoms with Gasteiger partial charge in [-0.15, -0.1) is 0 Å². The van der Waals surface area contributed by atoms with Gasteiger partial charge in [0.05, 0.1) is 10.6 Å². The fraction of sp³-hybridized carbons (Fsp3) is 0.0909. The summed E-state index contributed by atoms with van der Waals surface area (Å²) in [6, 6.07) is 5.34. The summed E-state index contributed by atoms with van der Waals surface area (Å²) in [5, 5.41) is 0.0637. The zero-order valence-electron chi connectivity index (χ0n) is 8.78. The van der Waals surface area contributed by atoms with Crippen LogP contribution < -0.4 is 0 Å². The molecule has 2 rings (SSSR count). The summed E-state index contributed by atoms with van der Waals surface area (Å²) in [6.07, 6.45) is -1.42. The predicted octanol–water partition coefficient (Wildman–Crippen LogP) is 4.30. The fourth-order valence-electron chi connectivity index (χ4n) is 1.23. The molecule has 0 aliphatic rings. The first-order chi connectivity index (χ1) is 8.47. The van der Waals surface area contributed by atoms with Crippen LogP contribution in [0.3, 0.4) is 0 Å². The summed E-state index contributed by atoms with van der Waals surface area (Å²) in [4.78, 5) is 8.24. The minimum Gasteiger partial charge on any atom is -0.231 e. The van der Waals surface area contributed by atoms with Crippen molar-refractivity contribution in [2.45, 2.75) is 16.2 Å². The average Bonchev–Trinajstić information content (AvgIpc) is 2.31. The Morgan fingerprint density at radius 1 is 1.11 bits per heavy atom. The van der Waals surface area contributed by atoms with E-state index in [-0.39, 0.29) is 5.02 Å². The van der Waals surface area contributed by atoms with Gasteiger partial charge in [0, 0.05) is 17.3 Å². The highest BCUT2D eigenvalue weighted by atomic mass is 35.5. The third kappa shape index (κ3) is 3.14. The van der Waals surface area contributed by atoms with Crippen LogP contribution in [0, 0.1) is 0 Å². The lowest BCUT2D eigenvalue weighted by Gasteiger charge is -2.10. The first kappa shape index (κ1) is 13.2. The number of halogens is 4. The molecular formula is C11H6ClF3N2S. The van der Waals surface area contributed by atoms with Crippen LogP contribution in [-0.2, 0) is 6.18 Å². The van der Waals surface area contributed by atoms with Crippen molar-refractivity contribution >= 4 is 23.4 Å². The zero-order valence-corrected chi connectivity index (χ0v) is 10.4. The van der Waals surface area contributed by atoms with E-state index in [0.29, 0.717) is 10.1 Å². The number of alkyl halides is 3. The number of nitrogens with zero attached hydrogens (tertiary/aromatic N) is 2. The lowest BCUT2D eigenvalue weighted by atomic mass is 10.2. The Labute approximate surface area is 110 Å². The number of rotatable bonds is 2. The van der Waals surface area contributed by atoms with E-state index in [9.17, 15) is 13.2 Å². The normalized spacial score (nSPS) is 11.6. The van der Waals surface area contributed by atoms with E-state index in [0.717, 1.165) is 17.8 Å². The van der Waals surface area contributed by atoms with Crippen molar-refractivity contribution in [3.05, 3.63) is 47.2 Å². The van der Waals surface area contributed by atoms with Gasteiger partial charge in [0.2, 0.25) is 0 Å². The van der Waals surface area contributed by atoms with Gasteiger partial charge in [0.15, 0.2) is 5.16 Å². The molecular weight excluding hydrogens is 285 g/mol. The smallest absolute Gasteiger partial charge is 0.231 e. The second-order valence-electron chi connectivity index (χ2n) is 3.27. The van der Waals surface area contributed by atoms with Crippen LogP contribution in [0.4, 0.5) is 13.2 Å². The van der Waals surface area contributed by atoms with Crippen molar-refractivity contribution in [2.24, 2.45) is 0 Å². The van der Waals surface area contributed by atoms with Crippen LogP contribution in [-0.4, -0.2) is 9.97 Å². The standard InChI is InChI=1S/C11H6ClF3N2S/c12-9-3-2-7(6-8(9)11(13,14)15)18-10-16-4-1-5-17-10/h1-6H. The highest BCUT2D eigenvalue weighted by Crippen LogP contribution is 2.37. The molecule has 0 atom stereocenters. The summed E-state index contributed by atoms with van der Waals surface area (Å²) in [6.45, 7) is 0. The number of benzene rings is 1. The first-order valence-electron chi connectivity index (χ1n) is 4.78. The maximum Gasteiger partial charge on any atom is 0.417 e. The third-order valence-electron chi connectivity index (χ3n) is 1.99. The van der Waals surface area contributed by atoms with Crippen LogP contribution in [0.15, 0.2) is 46.7 Å². The van der Waals surface area contributed by atoms with Crippen molar-refractivity contribution in [3.63, 3.8) is 0 Å². The van der Waals surface area contributed by atoms with Crippen molar-refractivity contribution < 1.29 is 13.2 Å². The molecule has 0 saturated heterocycles. The molecule has 0 radical (unpaired) electrons. The summed E-state index contributed by atoms with van der Waals surface area (Å²) in [5.74, 6) is 0. The van der Waals surface area contributed by atoms with Gasteiger partial charge in [-0.1, -0.05) is 11.6 Å². The quantitative estimate of drug-likeness (QED) is 0.771. The number of aromatic nitrogens is 2. The van der Waals surface area contributed by atoms with Gasteiger partial charge in [0.25, 0.3) is 0 Å². The average molecular weight is 291 g/mol. The molecule has 0 N–H and O–H groups in total. The largest absolute Gasteiger partial charge is 0.417 e.